The van der Waals surface area contributed by atoms with Crippen molar-refractivity contribution in [2.24, 2.45) is 0 Å². The van der Waals surface area contributed by atoms with Crippen molar-refractivity contribution in [1.82, 2.24) is 9.97 Å². The van der Waals surface area contributed by atoms with Gasteiger partial charge in [0.2, 0.25) is 5.95 Å². The standard InChI is InChI=1S/C14H15FN4/c1-16-14-18-12(9-5-6-9)8-13(19-14)17-11-4-2-3-10(15)7-11/h2-4,7-9H,5-6H2,1H3,(H2,16,17,18,19). The molecule has 1 heterocycles. The SMILES string of the molecule is CNc1nc(Nc2cccc(F)c2)cc(C2CC2)n1. The van der Waals surface area contributed by atoms with Crippen molar-refractivity contribution >= 4 is 17.5 Å². The third-order valence-electron chi connectivity index (χ3n) is 3.06. The largest absolute Gasteiger partial charge is 0.357 e. The van der Waals surface area contributed by atoms with E-state index < -0.39 is 0 Å². The number of hydrogen-bond acceptors (Lipinski definition) is 4. The van der Waals surface area contributed by atoms with Crippen molar-refractivity contribution in [3.8, 4) is 0 Å². The first-order valence-corrected chi connectivity index (χ1v) is 6.34. The topological polar surface area (TPSA) is 49.8 Å². The van der Waals surface area contributed by atoms with Crippen LogP contribution in [0.25, 0.3) is 0 Å². The molecule has 0 amide bonds. The van der Waals surface area contributed by atoms with E-state index in [1.165, 1.54) is 25.0 Å². The minimum absolute atomic E-state index is 0.268. The van der Waals surface area contributed by atoms with Gasteiger partial charge in [-0.25, -0.2) is 9.37 Å². The van der Waals surface area contributed by atoms with Crippen molar-refractivity contribution in [1.29, 1.82) is 0 Å². The summed E-state index contributed by atoms with van der Waals surface area (Å²) in [4.78, 5) is 8.77. The Kier molecular flexibility index (Phi) is 3.03. The summed E-state index contributed by atoms with van der Waals surface area (Å²) in [6.45, 7) is 0. The molecule has 1 fully saturated rings. The zero-order valence-electron chi connectivity index (χ0n) is 10.7. The van der Waals surface area contributed by atoms with Crippen LogP contribution >= 0.6 is 0 Å². The molecule has 5 heteroatoms. The van der Waals surface area contributed by atoms with E-state index in [1.807, 2.05) is 6.07 Å². The maximum atomic E-state index is 13.1. The van der Waals surface area contributed by atoms with Gasteiger partial charge in [-0.05, 0) is 31.0 Å². The van der Waals surface area contributed by atoms with Crippen molar-refractivity contribution < 1.29 is 4.39 Å². The lowest BCUT2D eigenvalue weighted by Gasteiger charge is -2.09. The van der Waals surface area contributed by atoms with E-state index in [4.69, 9.17) is 0 Å². The third kappa shape index (κ3) is 2.81. The molecule has 0 bridgehead atoms. The molecule has 2 aromatic rings. The highest BCUT2D eigenvalue weighted by atomic mass is 19.1. The van der Waals surface area contributed by atoms with Crippen LogP contribution in [-0.2, 0) is 0 Å². The Morgan fingerprint density at radius 2 is 2.05 bits per heavy atom. The fraction of sp³-hybridized carbons (Fsp3) is 0.286. The second-order valence-corrected chi connectivity index (χ2v) is 4.66. The van der Waals surface area contributed by atoms with E-state index in [9.17, 15) is 4.39 Å². The third-order valence-corrected chi connectivity index (χ3v) is 3.06. The molecular formula is C14H15FN4. The molecule has 4 nitrogen and oxygen atoms in total. The second-order valence-electron chi connectivity index (χ2n) is 4.66. The molecule has 3 rings (SSSR count). The fourth-order valence-corrected chi connectivity index (χ4v) is 1.94. The van der Waals surface area contributed by atoms with Gasteiger partial charge in [-0.1, -0.05) is 6.07 Å². The minimum atomic E-state index is -0.268. The summed E-state index contributed by atoms with van der Waals surface area (Å²) in [6, 6.07) is 8.27. The van der Waals surface area contributed by atoms with Crippen LogP contribution in [0.15, 0.2) is 30.3 Å². The lowest BCUT2D eigenvalue weighted by Crippen LogP contribution is -2.03. The maximum absolute atomic E-state index is 13.1. The highest BCUT2D eigenvalue weighted by Crippen LogP contribution is 2.40. The maximum Gasteiger partial charge on any atom is 0.224 e. The molecule has 0 atom stereocenters. The van der Waals surface area contributed by atoms with E-state index in [0.717, 1.165) is 5.69 Å². The molecule has 2 N–H and O–H groups in total. The van der Waals surface area contributed by atoms with Crippen molar-refractivity contribution in [2.75, 3.05) is 17.7 Å². The van der Waals surface area contributed by atoms with Crippen LogP contribution in [0.3, 0.4) is 0 Å². The van der Waals surface area contributed by atoms with Crippen LogP contribution in [0.1, 0.15) is 24.5 Å². The van der Waals surface area contributed by atoms with Gasteiger partial charge in [-0.3, -0.25) is 0 Å². The molecule has 1 aliphatic carbocycles. The average molecular weight is 258 g/mol. The van der Waals surface area contributed by atoms with Gasteiger partial charge in [0.15, 0.2) is 0 Å². The first-order valence-electron chi connectivity index (χ1n) is 6.34. The van der Waals surface area contributed by atoms with Gasteiger partial charge in [-0.15, -0.1) is 0 Å². The van der Waals surface area contributed by atoms with E-state index in [2.05, 4.69) is 20.6 Å². The number of halogens is 1. The first-order chi connectivity index (χ1) is 9.24. The Bertz CT molecular complexity index is 596. The summed E-state index contributed by atoms with van der Waals surface area (Å²) in [7, 11) is 1.79. The van der Waals surface area contributed by atoms with Gasteiger partial charge in [0, 0.05) is 24.7 Å². The summed E-state index contributed by atoms with van der Waals surface area (Å²) in [6.07, 6.45) is 2.36. The second kappa shape index (κ2) is 4.84. The Morgan fingerprint density at radius 3 is 2.74 bits per heavy atom. The fourth-order valence-electron chi connectivity index (χ4n) is 1.94. The monoisotopic (exact) mass is 258 g/mol. The molecule has 19 heavy (non-hydrogen) atoms. The van der Waals surface area contributed by atoms with Crippen molar-refractivity contribution in [2.45, 2.75) is 18.8 Å². The quantitative estimate of drug-likeness (QED) is 0.883. The lowest BCUT2D eigenvalue weighted by atomic mass is 10.2. The zero-order valence-corrected chi connectivity index (χ0v) is 10.7. The molecule has 0 saturated heterocycles. The van der Waals surface area contributed by atoms with Gasteiger partial charge in [-0.2, -0.15) is 4.98 Å². The summed E-state index contributed by atoms with van der Waals surface area (Å²) in [5.74, 6) is 1.55. The normalized spacial score (nSPS) is 14.2. The number of nitrogens with one attached hydrogen (secondary N) is 2. The Labute approximate surface area is 111 Å². The number of rotatable bonds is 4. The molecule has 1 aromatic heterocycles. The molecular weight excluding hydrogens is 243 g/mol. The van der Waals surface area contributed by atoms with Crippen LogP contribution in [0.2, 0.25) is 0 Å². The number of nitrogens with zero attached hydrogens (tertiary/aromatic N) is 2. The number of anilines is 3. The number of benzene rings is 1. The van der Waals surface area contributed by atoms with Gasteiger partial charge in [0.1, 0.15) is 11.6 Å². The molecule has 98 valence electrons. The molecule has 0 aliphatic heterocycles. The first kappa shape index (κ1) is 11.9. The van der Waals surface area contributed by atoms with E-state index >= 15 is 0 Å². The lowest BCUT2D eigenvalue weighted by molar-refractivity contribution is 0.628. The van der Waals surface area contributed by atoms with Crippen LogP contribution in [0, 0.1) is 5.82 Å². The van der Waals surface area contributed by atoms with Gasteiger partial charge < -0.3 is 10.6 Å². The van der Waals surface area contributed by atoms with Crippen molar-refractivity contribution in [3.05, 3.63) is 41.8 Å². The van der Waals surface area contributed by atoms with Crippen LogP contribution in [0.5, 0.6) is 0 Å². The summed E-state index contributed by atoms with van der Waals surface area (Å²) in [5, 5.41) is 6.06. The summed E-state index contributed by atoms with van der Waals surface area (Å²) in [5.41, 5.74) is 1.72. The number of aromatic nitrogens is 2. The molecule has 0 radical (unpaired) electrons. The van der Waals surface area contributed by atoms with Crippen LogP contribution in [-0.4, -0.2) is 17.0 Å². The average Bonchev–Trinajstić information content (AvgIpc) is 3.22. The smallest absolute Gasteiger partial charge is 0.224 e. The van der Waals surface area contributed by atoms with Crippen LogP contribution < -0.4 is 10.6 Å². The highest BCUT2D eigenvalue weighted by Gasteiger charge is 2.26. The highest BCUT2D eigenvalue weighted by molar-refractivity contribution is 5.57. The van der Waals surface area contributed by atoms with Gasteiger partial charge >= 0.3 is 0 Å². The minimum Gasteiger partial charge on any atom is -0.357 e. The Balaban J connectivity index is 1.89. The molecule has 0 spiro atoms. The summed E-state index contributed by atoms with van der Waals surface area (Å²) < 4.78 is 13.1. The predicted molar refractivity (Wildman–Crippen MR) is 73.2 cm³/mol. The van der Waals surface area contributed by atoms with Crippen molar-refractivity contribution in [3.63, 3.8) is 0 Å². The Morgan fingerprint density at radius 1 is 1.21 bits per heavy atom. The Hall–Kier alpha value is -2.17. The van der Waals surface area contributed by atoms with E-state index in [-0.39, 0.29) is 5.82 Å². The van der Waals surface area contributed by atoms with Gasteiger partial charge in [0.25, 0.3) is 0 Å². The number of hydrogen-bond donors (Lipinski definition) is 2. The molecule has 0 unspecified atom stereocenters. The molecule has 1 aromatic carbocycles. The molecule has 1 aliphatic rings. The van der Waals surface area contributed by atoms with Crippen LogP contribution in [0.4, 0.5) is 21.8 Å². The van der Waals surface area contributed by atoms with E-state index in [1.54, 1.807) is 19.2 Å². The van der Waals surface area contributed by atoms with Gasteiger partial charge in [0.05, 0.1) is 5.69 Å². The summed E-state index contributed by atoms with van der Waals surface area (Å²) >= 11 is 0. The predicted octanol–water partition coefficient (Wildman–Crippen LogP) is 3.28. The zero-order chi connectivity index (χ0) is 13.2. The van der Waals surface area contributed by atoms with E-state index in [0.29, 0.717) is 23.4 Å². The molecule has 1 saturated carbocycles.